The Hall–Kier alpha value is -2.78. The zero-order valence-electron chi connectivity index (χ0n) is 23.1. The second-order valence-corrected chi connectivity index (χ2v) is 10.8. The molecule has 0 radical (unpaired) electrons. The minimum atomic E-state index is -0.815. The Morgan fingerprint density at radius 3 is 2.24 bits per heavy atom. The number of rotatable bonds is 11. The SMILES string of the molecule is CC(C)CC(NC(=O)CNC(=O)C1CCCN1C(=O)CNC(C)C)C(=O)C1(C)CO1.Cc1ccccc1. The van der Waals surface area contributed by atoms with Crippen LogP contribution < -0.4 is 16.0 Å². The quantitative estimate of drug-likeness (QED) is 0.387. The van der Waals surface area contributed by atoms with Crippen molar-refractivity contribution in [3.05, 3.63) is 35.9 Å². The molecular weight excluding hydrogens is 472 g/mol. The highest BCUT2D eigenvalue weighted by atomic mass is 16.6. The number of carbonyl (C=O) groups excluding carboxylic acids is 4. The third kappa shape index (κ3) is 10.2. The summed E-state index contributed by atoms with van der Waals surface area (Å²) in [5.74, 6) is -0.811. The van der Waals surface area contributed by atoms with E-state index in [0.717, 1.165) is 6.42 Å². The highest BCUT2D eigenvalue weighted by Crippen LogP contribution is 2.29. The van der Waals surface area contributed by atoms with Crippen LogP contribution in [0.15, 0.2) is 30.3 Å². The molecule has 3 rings (SSSR count). The summed E-state index contributed by atoms with van der Waals surface area (Å²) in [5, 5.41) is 8.42. The molecule has 3 unspecified atom stereocenters. The lowest BCUT2D eigenvalue weighted by atomic mass is 9.93. The van der Waals surface area contributed by atoms with Gasteiger partial charge in [0.15, 0.2) is 5.78 Å². The molecule has 2 heterocycles. The summed E-state index contributed by atoms with van der Waals surface area (Å²) < 4.78 is 5.22. The van der Waals surface area contributed by atoms with Crippen molar-refractivity contribution in [2.75, 3.05) is 26.2 Å². The van der Waals surface area contributed by atoms with Crippen molar-refractivity contribution in [2.24, 2.45) is 5.92 Å². The predicted molar refractivity (Wildman–Crippen MR) is 143 cm³/mol. The Bertz CT molecular complexity index is 914. The molecule has 37 heavy (non-hydrogen) atoms. The number of carbonyl (C=O) groups is 4. The molecule has 9 nitrogen and oxygen atoms in total. The van der Waals surface area contributed by atoms with Gasteiger partial charge in [0, 0.05) is 12.6 Å². The average Bonchev–Trinajstić information content (AvgIpc) is 3.40. The maximum absolute atomic E-state index is 12.6. The zero-order chi connectivity index (χ0) is 27.6. The lowest BCUT2D eigenvalue weighted by Crippen LogP contribution is -2.52. The van der Waals surface area contributed by atoms with Crippen LogP contribution in [0.2, 0.25) is 0 Å². The first-order valence-corrected chi connectivity index (χ1v) is 13.2. The first-order valence-electron chi connectivity index (χ1n) is 13.2. The molecule has 1 aromatic rings. The Balaban J connectivity index is 0.000000591. The molecule has 2 saturated heterocycles. The van der Waals surface area contributed by atoms with Crippen LogP contribution in [-0.2, 0) is 23.9 Å². The van der Waals surface area contributed by atoms with Crippen molar-refractivity contribution < 1.29 is 23.9 Å². The molecule has 2 aliphatic rings. The van der Waals surface area contributed by atoms with Gasteiger partial charge in [0.25, 0.3) is 0 Å². The Kier molecular flexibility index (Phi) is 11.7. The molecule has 0 spiro atoms. The van der Waals surface area contributed by atoms with Crippen molar-refractivity contribution >= 4 is 23.5 Å². The van der Waals surface area contributed by atoms with E-state index in [1.54, 1.807) is 11.8 Å². The number of ether oxygens (including phenoxy) is 1. The lowest BCUT2D eigenvalue weighted by Gasteiger charge is -2.25. The standard InChI is InChI=1S/C21H36N4O5.C7H8/c1-13(2)9-15(19(28)21(5)12-30-21)24-17(26)10-23-20(29)16-7-6-8-25(16)18(27)11-22-14(3)4;1-7-5-3-2-4-6-7/h13-16,22H,6-12H2,1-5H3,(H,23,29)(H,24,26);2-6H,1H3. The third-order valence-corrected chi connectivity index (χ3v) is 6.36. The number of amides is 3. The van der Waals surface area contributed by atoms with E-state index in [4.69, 9.17) is 4.74 Å². The molecule has 2 aliphatic heterocycles. The number of Topliss-reactive ketones (excluding diaryl/α,β-unsaturated/α-hetero) is 1. The van der Waals surface area contributed by atoms with E-state index in [2.05, 4.69) is 35.0 Å². The van der Waals surface area contributed by atoms with Crippen LogP contribution >= 0.6 is 0 Å². The number of epoxide rings is 1. The fourth-order valence-electron chi connectivity index (χ4n) is 4.12. The van der Waals surface area contributed by atoms with Crippen LogP contribution in [0.4, 0.5) is 0 Å². The van der Waals surface area contributed by atoms with E-state index >= 15 is 0 Å². The van der Waals surface area contributed by atoms with Gasteiger partial charge >= 0.3 is 0 Å². The first-order chi connectivity index (χ1) is 17.4. The van der Waals surface area contributed by atoms with Gasteiger partial charge in [-0.05, 0) is 39.0 Å². The highest BCUT2D eigenvalue weighted by molar-refractivity contribution is 5.97. The number of likely N-dealkylation sites (tertiary alicyclic amines) is 1. The normalized spacial score (nSPS) is 21.2. The Morgan fingerprint density at radius 1 is 1.08 bits per heavy atom. The number of nitrogens with zero attached hydrogens (tertiary/aromatic N) is 1. The van der Waals surface area contributed by atoms with Gasteiger partial charge in [-0.1, -0.05) is 63.6 Å². The molecule has 0 bridgehead atoms. The zero-order valence-corrected chi connectivity index (χ0v) is 23.1. The number of hydrogen-bond donors (Lipinski definition) is 3. The van der Waals surface area contributed by atoms with Crippen molar-refractivity contribution in [3.63, 3.8) is 0 Å². The first kappa shape index (κ1) is 30.4. The number of ketones is 1. The van der Waals surface area contributed by atoms with Crippen molar-refractivity contribution in [3.8, 4) is 0 Å². The van der Waals surface area contributed by atoms with Gasteiger partial charge < -0.3 is 25.6 Å². The van der Waals surface area contributed by atoms with E-state index < -0.39 is 23.6 Å². The monoisotopic (exact) mass is 516 g/mol. The molecule has 9 heteroatoms. The van der Waals surface area contributed by atoms with E-state index in [0.29, 0.717) is 26.0 Å². The molecule has 0 saturated carbocycles. The van der Waals surface area contributed by atoms with E-state index in [1.807, 2.05) is 45.9 Å². The fourth-order valence-corrected chi connectivity index (χ4v) is 4.12. The minimum absolute atomic E-state index is 0.119. The number of aryl methyl sites for hydroxylation is 1. The molecule has 206 valence electrons. The Labute approximate surface area is 221 Å². The third-order valence-electron chi connectivity index (χ3n) is 6.36. The number of nitrogens with one attached hydrogen (secondary N) is 3. The molecule has 0 aromatic heterocycles. The predicted octanol–water partition coefficient (Wildman–Crippen LogP) is 1.98. The molecule has 2 fully saturated rings. The molecule has 3 N–H and O–H groups in total. The molecule has 3 amide bonds. The summed E-state index contributed by atoms with van der Waals surface area (Å²) >= 11 is 0. The van der Waals surface area contributed by atoms with Crippen LogP contribution in [0, 0.1) is 12.8 Å². The largest absolute Gasteiger partial charge is 0.361 e. The van der Waals surface area contributed by atoms with Crippen LogP contribution in [0.1, 0.15) is 59.4 Å². The summed E-state index contributed by atoms with van der Waals surface area (Å²) in [6.45, 7) is 12.5. The van der Waals surface area contributed by atoms with Crippen LogP contribution in [0.3, 0.4) is 0 Å². The highest BCUT2D eigenvalue weighted by Gasteiger charge is 2.50. The molecular formula is C28H44N4O5. The van der Waals surface area contributed by atoms with Gasteiger partial charge in [0.1, 0.15) is 11.6 Å². The van der Waals surface area contributed by atoms with Crippen molar-refractivity contribution in [1.29, 1.82) is 0 Å². The van der Waals surface area contributed by atoms with Crippen molar-refractivity contribution in [2.45, 2.75) is 84.5 Å². The van der Waals surface area contributed by atoms with Gasteiger partial charge in [-0.15, -0.1) is 0 Å². The summed E-state index contributed by atoms with van der Waals surface area (Å²) in [7, 11) is 0. The maximum atomic E-state index is 12.6. The van der Waals surface area contributed by atoms with E-state index in [9.17, 15) is 19.2 Å². The van der Waals surface area contributed by atoms with Gasteiger partial charge in [0.2, 0.25) is 17.7 Å². The second-order valence-electron chi connectivity index (χ2n) is 10.8. The smallest absolute Gasteiger partial charge is 0.243 e. The van der Waals surface area contributed by atoms with Gasteiger partial charge in [-0.3, -0.25) is 19.2 Å². The summed E-state index contributed by atoms with van der Waals surface area (Å²) in [4.78, 5) is 51.5. The molecule has 0 aliphatic carbocycles. The summed E-state index contributed by atoms with van der Waals surface area (Å²) in [6, 6.07) is 9.23. The van der Waals surface area contributed by atoms with E-state index in [-0.39, 0.29) is 42.6 Å². The number of hydrogen-bond acceptors (Lipinski definition) is 6. The van der Waals surface area contributed by atoms with Gasteiger partial charge in [-0.2, -0.15) is 0 Å². The molecule has 1 aromatic carbocycles. The topological polar surface area (TPSA) is 120 Å². The van der Waals surface area contributed by atoms with Gasteiger partial charge in [-0.25, -0.2) is 0 Å². The summed E-state index contributed by atoms with van der Waals surface area (Å²) in [5.41, 5.74) is 0.507. The van der Waals surface area contributed by atoms with E-state index in [1.165, 1.54) is 5.56 Å². The minimum Gasteiger partial charge on any atom is -0.361 e. The second kappa shape index (κ2) is 14.2. The Morgan fingerprint density at radius 2 is 1.73 bits per heavy atom. The molecule has 3 atom stereocenters. The van der Waals surface area contributed by atoms with Crippen LogP contribution in [0.25, 0.3) is 0 Å². The van der Waals surface area contributed by atoms with Crippen LogP contribution in [-0.4, -0.2) is 78.4 Å². The average molecular weight is 517 g/mol. The fraction of sp³-hybridized carbons (Fsp3) is 0.643. The van der Waals surface area contributed by atoms with Crippen molar-refractivity contribution in [1.82, 2.24) is 20.9 Å². The maximum Gasteiger partial charge on any atom is 0.243 e. The summed E-state index contributed by atoms with van der Waals surface area (Å²) in [6.07, 6.45) is 1.83. The van der Waals surface area contributed by atoms with Crippen LogP contribution in [0.5, 0.6) is 0 Å². The lowest BCUT2D eigenvalue weighted by molar-refractivity contribution is -0.138. The number of benzene rings is 1. The van der Waals surface area contributed by atoms with Gasteiger partial charge in [0.05, 0.1) is 25.7 Å².